The van der Waals surface area contributed by atoms with Crippen LogP contribution in [0, 0.1) is 0 Å². The lowest BCUT2D eigenvalue weighted by molar-refractivity contribution is -0.136. The van der Waals surface area contributed by atoms with E-state index in [9.17, 15) is 9.59 Å². The number of hydrogen-bond acceptors (Lipinski definition) is 4. The molecule has 6 nitrogen and oxygen atoms in total. The molecule has 0 spiro atoms. The number of amides is 1. The molecule has 25 heavy (non-hydrogen) atoms. The first-order valence-corrected chi connectivity index (χ1v) is 7.86. The number of carboxylic acid groups (broad SMARTS) is 1. The Kier molecular flexibility index (Phi) is 6.00. The minimum absolute atomic E-state index is 0.00195. The molecule has 0 radical (unpaired) electrons. The molecule has 0 aromatic heterocycles. The fourth-order valence-corrected chi connectivity index (χ4v) is 2.24. The second-order valence-electron chi connectivity index (χ2n) is 5.75. The van der Waals surface area contributed by atoms with E-state index in [2.05, 4.69) is 5.32 Å². The van der Waals surface area contributed by atoms with Crippen LogP contribution >= 0.6 is 0 Å². The van der Waals surface area contributed by atoms with E-state index in [1.54, 1.807) is 42.5 Å². The van der Waals surface area contributed by atoms with Gasteiger partial charge >= 0.3 is 5.97 Å². The van der Waals surface area contributed by atoms with Crippen molar-refractivity contribution in [1.29, 1.82) is 0 Å². The van der Waals surface area contributed by atoms with Crippen molar-refractivity contribution in [3.63, 3.8) is 0 Å². The van der Waals surface area contributed by atoms with E-state index >= 15 is 0 Å². The van der Waals surface area contributed by atoms with Crippen LogP contribution in [0.3, 0.4) is 0 Å². The SMILES string of the molecule is COc1cc(C(=O)Nc2ccc(CC(=O)O)cc2)ccc1OC(C)C. The highest BCUT2D eigenvalue weighted by Crippen LogP contribution is 2.29. The van der Waals surface area contributed by atoms with Gasteiger partial charge in [0.2, 0.25) is 0 Å². The van der Waals surface area contributed by atoms with Crippen LogP contribution in [-0.2, 0) is 11.2 Å². The quantitative estimate of drug-likeness (QED) is 0.805. The van der Waals surface area contributed by atoms with E-state index in [0.717, 1.165) is 0 Å². The zero-order chi connectivity index (χ0) is 18.4. The Hall–Kier alpha value is -3.02. The first kappa shape index (κ1) is 18.3. The second kappa shape index (κ2) is 8.19. The molecule has 0 heterocycles. The van der Waals surface area contributed by atoms with Crippen LogP contribution in [0.5, 0.6) is 11.5 Å². The lowest BCUT2D eigenvalue weighted by Crippen LogP contribution is -2.13. The zero-order valence-corrected chi connectivity index (χ0v) is 14.4. The van der Waals surface area contributed by atoms with Gasteiger partial charge in [-0.15, -0.1) is 0 Å². The van der Waals surface area contributed by atoms with Crippen LogP contribution in [0.4, 0.5) is 5.69 Å². The summed E-state index contributed by atoms with van der Waals surface area (Å²) in [5.41, 5.74) is 1.69. The number of carboxylic acids is 1. The number of aliphatic carboxylic acids is 1. The molecule has 1 amide bonds. The van der Waals surface area contributed by atoms with Gasteiger partial charge in [0.1, 0.15) is 0 Å². The summed E-state index contributed by atoms with van der Waals surface area (Å²) in [6.45, 7) is 3.82. The van der Waals surface area contributed by atoms with Crippen molar-refractivity contribution in [3.05, 3.63) is 53.6 Å². The number of benzene rings is 2. The van der Waals surface area contributed by atoms with Gasteiger partial charge in [0.25, 0.3) is 5.91 Å². The van der Waals surface area contributed by atoms with E-state index < -0.39 is 5.97 Å². The number of anilines is 1. The van der Waals surface area contributed by atoms with Gasteiger partial charge in [-0.2, -0.15) is 0 Å². The van der Waals surface area contributed by atoms with E-state index in [1.807, 2.05) is 13.8 Å². The number of methoxy groups -OCH3 is 1. The fourth-order valence-electron chi connectivity index (χ4n) is 2.24. The van der Waals surface area contributed by atoms with Gasteiger partial charge in [-0.25, -0.2) is 0 Å². The van der Waals surface area contributed by atoms with Crippen LogP contribution < -0.4 is 14.8 Å². The average Bonchev–Trinajstić information content (AvgIpc) is 2.56. The molecule has 2 aromatic rings. The predicted molar refractivity (Wildman–Crippen MR) is 94.5 cm³/mol. The molecule has 2 rings (SSSR count). The minimum atomic E-state index is -0.896. The maximum Gasteiger partial charge on any atom is 0.307 e. The monoisotopic (exact) mass is 343 g/mol. The summed E-state index contributed by atoms with van der Waals surface area (Å²) >= 11 is 0. The molecule has 0 atom stereocenters. The molecule has 0 aliphatic carbocycles. The first-order valence-electron chi connectivity index (χ1n) is 7.86. The largest absolute Gasteiger partial charge is 0.493 e. The topological polar surface area (TPSA) is 84.9 Å². The van der Waals surface area contributed by atoms with Gasteiger partial charge in [-0.05, 0) is 49.7 Å². The summed E-state index contributed by atoms with van der Waals surface area (Å²) in [6, 6.07) is 11.7. The number of rotatable bonds is 7. The third kappa shape index (κ3) is 5.24. The Labute approximate surface area is 146 Å². The molecule has 0 aliphatic heterocycles. The van der Waals surface area contributed by atoms with Crippen molar-refractivity contribution in [3.8, 4) is 11.5 Å². The Balaban J connectivity index is 2.11. The Morgan fingerprint density at radius 1 is 1.08 bits per heavy atom. The van der Waals surface area contributed by atoms with Crippen molar-refractivity contribution in [1.82, 2.24) is 0 Å². The van der Waals surface area contributed by atoms with Gasteiger partial charge in [0.05, 0.1) is 19.6 Å². The van der Waals surface area contributed by atoms with Crippen molar-refractivity contribution in [2.75, 3.05) is 12.4 Å². The van der Waals surface area contributed by atoms with Gasteiger partial charge in [0, 0.05) is 11.3 Å². The first-order chi connectivity index (χ1) is 11.9. The molecular weight excluding hydrogens is 322 g/mol. The van der Waals surface area contributed by atoms with Crippen LogP contribution in [-0.4, -0.2) is 30.2 Å². The van der Waals surface area contributed by atoms with Crippen LogP contribution in [0.15, 0.2) is 42.5 Å². The third-order valence-electron chi connectivity index (χ3n) is 3.36. The van der Waals surface area contributed by atoms with Gasteiger partial charge in [-0.1, -0.05) is 12.1 Å². The van der Waals surface area contributed by atoms with Crippen molar-refractivity contribution >= 4 is 17.6 Å². The molecule has 0 bridgehead atoms. The summed E-state index contributed by atoms with van der Waals surface area (Å²) in [6.07, 6.45) is -0.0548. The summed E-state index contributed by atoms with van der Waals surface area (Å²) in [7, 11) is 1.52. The number of hydrogen-bond donors (Lipinski definition) is 2. The smallest absolute Gasteiger partial charge is 0.307 e. The molecule has 0 saturated heterocycles. The number of carbonyl (C=O) groups excluding carboxylic acids is 1. The fraction of sp³-hybridized carbons (Fsp3) is 0.263. The van der Waals surface area contributed by atoms with Crippen molar-refractivity contribution in [2.45, 2.75) is 26.4 Å². The highest BCUT2D eigenvalue weighted by atomic mass is 16.5. The maximum absolute atomic E-state index is 12.4. The normalized spacial score (nSPS) is 10.4. The molecule has 2 N–H and O–H groups in total. The predicted octanol–water partition coefficient (Wildman–Crippen LogP) is 3.36. The minimum Gasteiger partial charge on any atom is -0.493 e. The second-order valence-corrected chi connectivity index (χ2v) is 5.75. The Bertz CT molecular complexity index is 753. The lowest BCUT2D eigenvalue weighted by atomic mass is 10.1. The highest BCUT2D eigenvalue weighted by Gasteiger charge is 2.12. The maximum atomic E-state index is 12.4. The number of ether oxygens (including phenoxy) is 2. The lowest BCUT2D eigenvalue weighted by Gasteiger charge is -2.14. The van der Waals surface area contributed by atoms with Crippen molar-refractivity contribution in [2.24, 2.45) is 0 Å². The Morgan fingerprint density at radius 2 is 1.76 bits per heavy atom. The number of carbonyl (C=O) groups is 2. The molecule has 0 unspecified atom stereocenters. The summed E-state index contributed by atoms with van der Waals surface area (Å²) in [4.78, 5) is 23.1. The molecule has 0 aliphatic rings. The van der Waals surface area contributed by atoms with Crippen LogP contribution in [0.1, 0.15) is 29.8 Å². The van der Waals surface area contributed by atoms with E-state index in [4.69, 9.17) is 14.6 Å². The average molecular weight is 343 g/mol. The summed E-state index contributed by atoms with van der Waals surface area (Å²) in [5, 5.41) is 11.5. The highest BCUT2D eigenvalue weighted by molar-refractivity contribution is 6.04. The van der Waals surface area contributed by atoms with Crippen molar-refractivity contribution < 1.29 is 24.2 Å². The van der Waals surface area contributed by atoms with Gasteiger partial charge in [0.15, 0.2) is 11.5 Å². The molecule has 6 heteroatoms. The summed E-state index contributed by atoms with van der Waals surface area (Å²) < 4.78 is 10.9. The van der Waals surface area contributed by atoms with Gasteiger partial charge < -0.3 is 19.9 Å². The third-order valence-corrected chi connectivity index (χ3v) is 3.36. The van der Waals surface area contributed by atoms with E-state index in [-0.39, 0.29) is 18.4 Å². The van der Waals surface area contributed by atoms with Gasteiger partial charge in [-0.3, -0.25) is 9.59 Å². The summed E-state index contributed by atoms with van der Waals surface area (Å²) in [5.74, 6) is -0.127. The standard InChI is InChI=1S/C19H21NO5/c1-12(2)25-16-9-6-14(11-17(16)24-3)19(23)20-15-7-4-13(5-8-15)10-18(21)22/h4-9,11-12H,10H2,1-3H3,(H,20,23)(H,21,22). The molecule has 0 fully saturated rings. The molecule has 0 saturated carbocycles. The van der Waals surface area contributed by atoms with Crippen LogP contribution in [0.25, 0.3) is 0 Å². The zero-order valence-electron chi connectivity index (χ0n) is 14.4. The van der Waals surface area contributed by atoms with E-state index in [1.165, 1.54) is 7.11 Å². The number of nitrogens with one attached hydrogen (secondary N) is 1. The Morgan fingerprint density at radius 3 is 2.32 bits per heavy atom. The molecule has 2 aromatic carbocycles. The molecular formula is C19H21NO5. The molecule has 132 valence electrons. The van der Waals surface area contributed by atoms with Crippen LogP contribution in [0.2, 0.25) is 0 Å². The van der Waals surface area contributed by atoms with E-state index in [0.29, 0.717) is 28.3 Å².